The quantitative estimate of drug-likeness (QED) is 0.539. The highest BCUT2D eigenvalue weighted by Gasteiger charge is 2.34. The number of carboxylic acid groups (broad SMARTS) is 1. The third kappa shape index (κ3) is 4.54. The van der Waals surface area contributed by atoms with Crippen LogP contribution < -0.4 is 19.7 Å². The van der Waals surface area contributed by atoms with E-state index in [1.54, 1.807) is 6.07 Å². The lowest BCUT2D eigenvalue weighted by Crippen LogP contribution is -2.37. The van der Waals surface area contributed by atoms with E-state index in [0.717, 1.165) is 11.6 Å². The zero-order chi connectivity index (χ0) is 23.9. The molecule has 0 amide bonds. The molecule has 0 unspecified atom stereocenters. The Kier molecular flexibility index (Phi) is 5.84. The first kappa shape index (κ1) is 22.5. The molecule has 1 aromatic carbocycles. The van der Waals surface area contributed by atoms with E-state index in [9.17, 15) is 23.1 Å². The average molecular weight is 494 g/mol. The number of rotatable bonds is 5. The van der Waals surface area contributed by atoms with Crippen LogP contribution in [0.15, 0.2) is 24.3 Å². The van der Waals surface area contributed by atoms with Crippen LogP contribution in [0.5, 0.6) is 11.5 Å². The van der Waals surface area contributed by atoms with Gasteiger partial charge in [0, 0.05) is 19.6 Å². The minimum Gasteiger partial charge on any atom is -0.486 e. The summed E-state index contributed by atoms with van der Waals surface area (Å²) in [5.74, 6) is 0.574. The molecule has 34 heavy (non-hydrogen) atoms. The SMILES string of the molecule is O=C(O)C1CCN(c2nc(NCc3ccc4c(c3)OCCO4)c3cc(C(F)(F)F)sc3n2)CC1. The number of thiophene rings is 1. The van der Waals surface area contributed by atoms with Gasteiger partial charge in [0.25, 0.3) is 0 Å². The van der Waals surface area contributed by atoms with Crippen molar-refractivity contribution in [3.63, 3.8) is 0 Å². The van der Waals surface area contributed by atoms with Crippen molar-refractivity contribution in [1.82, 2.24) is 9.97 Å². The molecule has 1 saturated heterocycles. The van der Waals surface area contributed by atoms with Crippen molar-refractivity contribution in [3.05, 3.63) is 34.7 Å². The van der Waals surface area contributed by atoms with Crippen LogP contribution in [0, 0.1) is 5.92 Å². The fourth-order valence-electron chi connectivity index (χ4n) is 4.04. The number of piperidine rings is 1. The van der Waals surface area contributed by atoms with E-state index in [4.69, 9.17) is 9.47 Å². The van der Waals surface area contributed by atoms with Crippen molar-refractivity contribution in [2.45, 2.75) is 25.6 Å². The maximum absolute atomic E-state index is 13.4. The van der Waals surface area contributed by atoms with Gasteiger partial charge in [0.15, 0.2) is 11.5 Å². The molecule has 2 N–H and O–H groups in total. The van der Waals surface area contributed by atoms with Gasteiger partial charge < -0.3 is 24.8 Å². The Morgan fingerprint density at radius 3 is 2.59 bits per heavy atom. The third-order valence-corrected chi connectivity index (χ3v) is 6.93. The van der Waals surface area contributed by atoms with E-state index in [0.29, 0.717) is 79.7 Å². The molecular weight excluding hydrogens is 473 g/mol. The van der Waals surface area contributed by atoms with E-state index >= 15 is 0 Å². The number of nitrogens with one attached hydrogen (secondary N) is 1. The zero-order valence-corrected chi connectivity index (χ0v) is 18.7. The summed E-state index contributed by atoms with van der Waals surface area (Å²) in [6.45, 7) is 2.08. The van der Waals surface area contributed by atoms with Crippen molar-refractivity contribution in [3.8, 4) is 11.5 Å². The number of nitrogens with zero attached hydrogens (tertiary/aromatic N) is 3. The van der Waals surface area contributed by atoms with Crippen molar-refractivity contribution in [2.24, 2.45) is 5.92 Å². The van der Waals surface area contributed by atoms with Gasteiger partial charge in [-0.05, 0) is 36.6 Å². The number of benzene rings is 1. The molecule has 3 aromatic rings. The molecule has 2 aliphatic rings. The van der Waals surface area contributed by atoms with Crippen LogP contribution in [0.25, 0.3) is 10.2 Å². The summed E-state index contributed by atoms with van der Waals surface area (Å²) in [4.78, 5) is 21.5. The van der Waals surface area contributed by atoms with Gasteiger partial charge >= 0.3 is 12.1 Å². The number of fused-ring (bicyclic) bond motifs is 2. The fraction of sp³-hybridized carbons (Fsp3) is 0.409. The number of aromatic nitrogens is 2. The fourth-order valence-corrected chi connectivity index (χ4v) is 4.93. The first-order chi connectivity index (χ1) is 16.3. The van der Waals surface area contributed by atoms with Gasteiger partial charge in [-0.1, -0.05) is 6.07 Å². The summed E-state index contributed by atoms with van der Waals surface area (Å²) in [5.41, 5.74) is 0.853. The average Bonchev–Trinajstić information content (AvgIpc) is 3.27. The van der Waals surface area contributed by atoms with E-state index < -0.39 is 22.9 Å². The van der Waals surface area contributed by atoms with Gasteiger partial charge in [-0.2, -0.15) is 18.2 Å². The third-order valence-electron chi connectivity index (χ3n) is 5.85. The second-order valence-electron chi connectivity index (χ2n) is 8.13. The van der Waals surface area contributed by atoms with Crippen molar-refractivity contribution < 1.29 is 32.5 Å². The first-order valence-electron chi connectivity index (χ1n) is 10.8. The van der Waals surface area contributed by atoms with Crippen molar-refractivity contribution >= 4 is 39.3 Å². The van der Waals surface area contributed by atoms with Crippen LogP contribution in [0.3, 0.4) is 0 Å². The molecule has 5 rings (SSSR count). The normalized spacial score (nSPS) is 16.6. The monoisotopic (exact) mass is 494 g/mol. The number of hydrogen-bond donors (Lipinski definition) is 2. The molecule has 0 aliphatic carbocycles. The molecule has 4 heterocycles. The molecule has 12 heteroatoms. The van der Waals surface area contributed by atoms with Gasteiger partial charge in [0.1, 0.15) is 28.7 Å². The molecule has 8 nitrogen and oxygen atoms in total. The van der Waals surface area contributed by atoms with Crippen molar-refractivity contribution in [2.75, 3.05) is 36.5 Å². The predicted molar refractivity (Wildman–Crippen MR) is 120 cm³/mol. The topological polar surface area (TPSA) is 96.8 Å². The second-order valence-corrected chi connectivity index (χ2v) is 9.16. The van der Waals surface area contributed by atoms with E-state index in [2.05, 4.69) is 15.3 Å². The van der Waals surface area contributed by atoms with E-state index in [1.165, 1.54) is 0 Å². The van der Waals surface area contributed by atoms with Crippen LogP contribution in [0.4, 0.5) is 24.9 Å². The summed E-state index contributed by atoms with van der Waals surface area (Å²) in [5, 5.41) is 12.7. The Labute approximate surface area is 196 Å². The van der Waals surface area contributed by atoms with Crippen molar-refractivity contribution in [1.29, 1.82) is 0 Å². The molecule has 2 aliphatic heterocycles. The van der Waals surface area contributed by atoms with E-state index in [1.807, 2.05) is 17.0 Å². The molecule has 0 saturated carbocycles. The Hall–Kier alpha value is -3.28. The second kappa shape index (κ2) is 8.82. The maximum Gasteiger partial charge on any atom is 0.425 e. The van der Waals surface area contributed by atoms with E-state index in [-0.39, 0.29) is 10.8 Å². The number of ether oxygens (including phenoxy) is 2. The van der Waals surface area contributed by atoms with Crippen LogP contribution in [0.1, 0.15) is 23.3 Å². The summed E-state index contributed by atoms with van der Waals surface area (Å²) in [6.07, 6.45) is -3.64. The number of carbonyl (C=O) groups is 1. The van der Waals surface area contributed by atoms with Crippen LogP contribution in [0.2, 0.25) is 0 Å². The summed E-state index contributed by atoms with van der Waals surface area (Å²) < 4.78 is 51.3. The van der Waals surface area contributed by atoms with Crippen LogP contribution in [-0.4, -0.2) is 47.3 Å². The minimum absolute atomic E-state index is 0.224. The molecule has 2 aromatic heterocycles. The highest BCUT2D eigenvalue weighted by Crippen LogP contribution is 2.40. The Balaban J connectivity index is 1.44. The lowest BCUT2D eigenvalue weighted by atomic mass is 9.97. The molecule has 1 fully saturated rings. The lowest BCUT2D eigenvalue weighted by molar-refractivity contribution is -0.142. The van der Waals surface area contributed by atoms with Gasteiger partial charge in [-0.15, -0.1) is 11.3 Å². The van der Waals surface area contributed by atoms with Crippen LogP contribution >= 0.6 is 11.3 Å². The number of hydrogen-bond acceptors (Lipinski definition) is 8. The Morgan fingerprint density at radius 1 is 1.15 bits per heavy atom. The summed E-state index contributed by atoms with van der Waals surface area (Å²) >= 11 is 0.569. The van der Waals surface area contributed by atoms with Gasteiger partial charge in [-0.3, -0.25) is 4.79 Å². The molecular formula is C22H21F3N4O4S. The number of aliphatic carboxylic acids is 1. The Morgan fingerprint density at radius 2 is 1.88 bits per heavy atom. The Bertz CT molecular complexity index is 1220. The highest BCUT2D eigenvalue weighted by atomic mass is 32.1. The molecule has 180 valence electrons. The number of halogens is 3. The van der Waals surface area contributed by atoms with Gasteiger partial charge in [-0.25, -0.2) is 4.98 Å². The molecule has 0 bridgehead atoms. The minimum atomic E-state index is -4.49. The molecule has 0 radical (unpaired) electrons. The number of anilines is 2. The first-order valence-corrected chi connectivity index (χ1v) is 11.6. The zero-order valence-electron chi connectivity index (χ0n) is 17.9. The summed E-state index contributed by atoms with van der Waals surface area (Å²) in [6, 6.07) is 6.54. The largest absolute Gasteiger partial charge is 0.486 e. The lowest BCUT2D eigenvalue weighted by Gasteiger charge is -2.30. The smallest absolute Gasteiger partial charge is 0.425 e. The standard InChI is InChI=1S/C22H21F3N4O4S/c23-22(24,25)17-10-14-18(26-11-12-1-2-15-16(9-12)33-8-7-32-15)27-21(28-19(14)34-17)29-5-3-13(4-6-29)20(30)31/h1-2,9-10,13H,3-8,11H2,(H,30,31)(H,26,27,28). The number of alkyl halides is 3. The van der Waals surface area contributed by atoms with Gasteiger partial charge in [0.05, 0.1) is 11.3 Å². The predicted octanol–water partition coefficient (Wildman–Crippen LogP) is 4.39. The van der Waals surface area contributed by atoms with Crippen LogP contribution in [-0.2, 0) is 17.5 Å². The summed E-state index contributed by atoms with van der Waals surface area (Å²) in [7, 11) is 0. The highest BCUT2D eigenvalue weighted by molar-refractivity contribution is 7.18. The molecule has 0 atom stereocenters. The number of carboxylic acids is 1. The maximum atomic E-state index is 13.4. The van der Waals surface area contributed by atoms with Gasteiger partial charge in [0.2, 0.25) is 5.95 Å². The molecule has 0 spiro atoms.